The number of hydrogen-bond acceptors (Lipinski definition) is 4. The molecule has 0 bridgehead atoms. The predicted molar refractivity (Wildman–Crippen MR) is 71.5 cm³/mol. The van der Waals surface area contributed by atoms with E-state index in [1.54, 1.807) is 18.4 Å². The highest BCUT2D eigenvalue weighted by Crippen LogP contribution is 2.13. The van der Waals surface area contributed by atoms with Crippen molar-refractivity contribution in [1.29, 1.82) is 0 Å². The number of aromatic amines is 1. The van der Waals surface area contributed by atoms with Crippen molar-refractivity contribution in [3.8, 4) is 0 Å². The summed E-state index contributed by atoms with van der Waals surface area (Å²) in [4.78, 5) is 31.7. The molecule has 0 saturated heterocycles. The minimum Gasteiger partial charge on any atom is -0.462 e. The van der Waals surface area contributed by atoms with Gasteiger partial charge in [-0.25, -0.2) is 9.78 Å². The smallest absolute Gasteiger partial charge is 0.343 e. The summed E-state index contributed by atoms with van der Waals surface area (Å²) in [5, 5.41) is 0. The molecule has 0 aliphatic rings. The first-order valence-corrected chi connectivity index (χ1v) is 6.28. The zero-order valence-electron chi connectivity index (χ0n) is 11.5. The van der Waals surface area contributed by atoms with Gasteiger partial charge in [-0.1, -0.05) is 0 Å². The largest absolute Gasteiger partial charge is 0.462 e. The summed E-state index contributed by atoms with van der Waals surface area (Å²) >= 11 is 0. The Morgan fingerprint density at radius 1 is 1.37 bits per heavy atom. The van der Waals surface area contributed by atoms with Crippen LogP contribution in [-0.2, 0) is 11.3 Å². The van der Waals surface area contributed by atoms with Gasteiger partial charge in [-0.3, -0.25) is 4.79 Å². The summed E-state index contributed by atoms with van der Waals surface area (Å²) in [5.74, 6) is 0.149. The van der Waals surface area contributed by atoms with Gasteiger partial charge in [0.2, 0.25) is 5.43 Å². The summed E-state index contributed by atoms with van der Waals surface area (Å²) in [6.45, 7) is 8.00. The zero-order valence-corrected chi connectivity index (χ0v) is 11.5. The first-order chi connectivity index (χ1) is 9.01. The normalized spacial score (nSPS) is 10.9. The van der Waals surface area contributed by atoms with Crippen LogP contribution in [0.1, 0.15) is 35.7 Å². The van der Waals surface area contributed by atoms with Crippen LogP contribution in [0.15, 0.2) is 4.79 Å². The lowest BCUT2D eigenvalue weighted by Crippen LogP contribution is -2.22. The molecule has 2 aromatic heterocycles. The van der Waals surface area contributed by atoms with Gasteiger partial charge in [0.1, 0.15) is 16.9 Å². The highest BCUT2D eigenvalue weighted by atomic mass is 16.5. The molecule has 0 aromatic carbocycles. The minimum absolute atomic E-state index is 0.0592. The third kappa shape index (κ3) is 2.03. The average molecular weight is 263 g/mol. The van der Waals surface area contributed by atoms with E-state index in [1.807, 2.05) is 13.8 Å². The molecular weight excluding hydrogens is 246 g/mol. The molecule has 0 aliphatic heterocycles. The Balaban J connectivity index is 2.80. The average Bonchev–Trinajstić information content (AvgIpc) is 2.65. The van der Waals surface area contributed by atoms with Crippen molar-refractivity contribution in [3.05, 3.63) is 27.3 Å². The van der Waals surface area contributed by atoms with Gasteiger partial charge in [-0.2, -0.15) is 0 Å². The number of pyridine rings is 1. The highest BCUT2D eigenvalue weighted by molar-refractivity contribution is 5.93. The van der Waals surface area contributed by atoms with Gasteiger partial charge in [0.25, 0.3) is 0 Å². The first kappa shape index (κ1) is 13.3. The number of aryl methyl sites for hydroxylation is 3. The van der Waals surface area contributed by atoms with E-state index >= 15 is 0 Å². The van der Waals surface area contributed by atoms with E-state index in [0.717, 1.165) is 5.82 Å². The number of rotatable bonds is 3. The van der Waals surface area contributed by atoms with Crippen LogP contribution in [0.3, 0.4) is 0 Å². The third-order valence-electron chi connectivity index (χ3n) is 3.08. The van der Waals surface area contributed by atoms with Crippen molar-refractivity contribution >= 4 is 17.1 Å². The maximum absolute atomic E-state index is 12.5. The molecule has 0 amide bonds. The Morgan fingerprint density at radius 2 is 2.05 bits per heavy atom. The number of imidazole rings is 1. The molecule has 0 aliphatic carbocycles. The van der Waals surface area contributed by atoms with E-state index in [1.165, 1.54) is 0 Å². The van der Waals surface area contributed by atoms with Crippen LogP contribution >= 0.6 is 0 Å². The monoisotopic (exact) mass is 263 g/mol. The van der Waals surface area contributed by atoms with Crippen LogP contribution in [-0.4, -0.2) is 27.1 Å². The Hall–Kier alpha value is -2.11. The molecule has 19 heavy (non-hydrogen) atoms. The summed E-state index contributed by atoms with van der Waals surface area (Å²) in [6, 6.07) is 0. The molecule has 0 atom stereocenters. The fraction of sp³-hybridized carbons (Fsp3) is 0.462. The van der Waals surface area contributed by atoms with E-state index < -0.39 is 5.97 Å². The number of aromatic nitrogens is 3. The summed E-state index contributed by atoms with van der Waals surface area (Å²) in [5.41, 5.74) is 1.15. The van der Waals surface area contributed by atoms with Gasteiger partial charge >= 0.3 is 5.97 Å². The van der Waals surface area contributed by atoms with Crippen LogP contribution in [0.2, 0.25) is 0 Å². The van der Waals surface area contributed by atoms with Gasteiger partial charge in [0.15, 0.2) is 5.65 Å². The predicted octanol–water partition coefficient (Wildman–Crippen LogP) is 1.54. The molecule has 6 heteroatoms. The number of nitrogens with one attached hydrogen (secondary N) is 1. The minimum atomic E-state index is -0.593. The lowest BCUT2D eigenvalue weighted by Gasteiger charge is -2.06. The lowest BCUT2D eigenvalue weighted by molar-refractivity contribution is 0.0523. The molecule has 0 spiro atoms. The molecule has 1 N–H and O–H groups in total. The molecule has 2 heterocycles. The highest BCUT2D eigenvalue weighted by Gasteiger charge is 2.21. The van der Waals surface area contributed by atoms with Crippen molar-refractivity contribution in [2.75, 3.05) is 6.61 Å². The number of ether oxygens (including phenoxy) is 1. The SMILES string of the molecule is CCOC(=O)c1c(C)[nH]c2nc(C)n(CC)c2c1=O. The van der Waals surface area contributed by atoms with Gasteiger partial charge in [-0.05, 0) is 27.7 Å². The molecule has 0 unspecified atom stereocenters. The van der Waals surface area contributed by atoms with Gasteiger partial charge < -0.3 is 14.3 Å². The van der Waals surface area contributed by atoms with Crippen molar-refractivity contribution in [3.63, 3.8) is 0 Å². The van der Waals surface area contributed by atoms with Gasteiger partial charge in [-0.15, -0.1) is 0 Å². The maximum atomic E-state index is 12.5. The van der Waals surface area contributed by atoms with Gasteiger partial charge in [0, 0.05) is 12.2 Å². The van der Waals surface area contributed by atoms with Crippen LogP contribution in [0.4, 0.5) is 0 Å². The molecule has 6 nitrogen and oxygen atoms in total. The van der Waals surface area contributed by atoms with E-state index in [4.69, 9.17) is 4.74 Å². The third-order valence-corrected chi connectivity index (χ3v) is 3.08. The second kappa shape index (κ2) is 4.87. The Kier molecular flexibility index (Phi) is 3.42. The van der Waals surface area contributed by atoms with Crippen LogP contribution < -0.4 is 5.43 Å². The standard InChI is InChI=1S/C13H17N3O3/c1-5-16-8(4)15-12-10(16)11(17)9(7(3)14-12)13(18)19-6-2/h5-6H2,1-4H3,(H,14,17). The van der Waals surface area contributed by atoms with E-state index in [0.29, 0.717) is 23.4 Å². The van der Waals surface area contributed by atoms with Gasteiger partial charge in [0.05, 0.1) is 6.61 Å². The van der Waals surface area contributed by atoms with Crippen LogP contribution in [0, 0.1) is 13.8 Å². The Morgan fingerprint density at radius 3 is 2.63 bits per heavy atom. The number of hydrogen-bond donors (Lipinski definition) is 1. The molecule has 102 valence electrons. The first-order valence-electron chi connectivity index (χ1n) is 6.28. The van der Waals surface area contributed by atoms with E-state index in [2.05, 4.69) is 9.97 Å². The molecule has 0 radical (unpaired) electrons. The topological polar surface area (TPSA) is 77.0 Å². The molecule has 2 aromatic rings. The quantitative estimate of drug-likeness (QED) is 0.852. The Labute approximate surface area is 110 Å². The number of carbonyl (C=O) groups is 1. The van der Waals surface area contributed by atoms with Crippen molar-refractivity contribution < 1.29 is 9.53 Å². The number of esters is 1. The fourth-order valence-electron chi connectivity index (χ4n) is 2.25. The fourth-order valence-corrected chi connectivity index (χ4v) is 2.25. The number of nitrogens with zero attached hydrogens (tertiary/aromatic N) is 2. The van der Waals surface area contributed by atoms with Crippen molar-refractivity contribution in [2.24, 2.45) is 0 Å². The van der Waals surface area contributed by atoms with Crippen molar-refractivity contribution in [2.45, 2.75) is 34.2 Å². The number of carbonyl (C=O) groups excluding carboxylic acids is 1. The van der Waals surface area contributed by atoms with Crippen LogP contribution in [0.5, 0.6) is 0 Å². The Bertz CT molecular complexity index is 697. The summed E-state index contributed by atoms with van der Waals surface area (Å²) in [6.07, 6.45) is 0. The van der Waals surface area contributed by atoms with E-state index in [-0.39, 0.29) is 17.6 Å². The van der Waals surface area contributed by atoms with Crippen molar-refractivity contribution in [1.82, 2.24) is 14.5 Å². The zero-order chi connectivity index (χ0) is 14.2. The number of H-pyrrole nitrogens is 1. The summed E-state index contributed by atoms with van der Waals surface area (Å²) < 4.78 is 6.72. The molecular formula is C13H17N3O3. The molecule has 0 fully saturated rings. The second-order valence-electron chi connectivity index (χ2n) is 4.28. The lowest BCUT2D eigenvalue weighted by atomic mass is 10.2. The van der Waals surface area contributed by atoms with Crippen LogP contribution in [0.25, 0.3) is 11.2 Å². The molecule has 0 saturated carbocycles. The number of fused-ring (bicyclic) bond motifs is 1. The molecule has 2 rings (SSSR count). The van der Waals surface area contributed by atoms with E-state index in [9.17, 15) is 9.59 Å². The second-order valence-corrected chi connectivity index (χ2v) is 4.28. The maximum Gasteiger partial charge on any atom is 0.343 e. The summed E-state index contributed by atoms with van der Waals surface area (Å²) in [7, 11) is 0.